The van der Waals surface area contributed by atoms with Crippen LogP contribution in [0.4, 0.5) is 0 Å². The molecule has 0 radical (unpaired) electrons. The third-order valence-corrected chi connectivity index (χ3v) is 1.71. The maximum Gasteiger partial charge on any atom is 0.309 e. The van der Waals surface area contributed by atoms with Gasteiger partial charge in [-0.15, -0.1) is 0 Å². The minimum absolute atomic E-state index is 0.200. The Kier molecular flexibility index (Phi) is 6.93. The molecule has 1 N–H and O–H groups in total. The van der Waals surface area contributed by atoms with E-state index in [1.807, 2.05) is 13.8 Å². The van der Waals surface area contributed by atoms with Gasteiger partial charge in [-0.05, 0) is 5.92 Å². The van der Waals surface area contributed by atoms with Gasteiger partial charge in [0, 0.05) is 6.92 Å². The Morgan fingerprint density at radius 1 is 1.18 bits per heavy atom. The van der Waals surface area contributed by atoms with Crippen LogP contribution < -0.4 is 0 Å². The van der Waals surface area contributed by atoms with Crippen LogP contribution in [-0.4, -0.2) is 35.7 Å². The van der Waals surface area contributed by atoms with Crippen molar-refractivity contribution in [2.45, 2.75) is 39.7 Å². The number of carboxylic acids is 1. The number of carbonyl (C=O) groups excluding carboxylic acids is 2. The standard InChI is InChI=1S/C11H18O6/c1-7(2)6-16-11(15)5-9(4-10(13)14)17-8(3)12/h7,9H,4-6H2,1-3H3,(H,13,14)/t9-/m0/s1. The summed E-state index contributed by atoms with van der Waals surface area (Å²) in [5.74, 6) is -2.11. The molecule has 0 saturated heterocycles. The maximum absolute atomic E-state index is 11.3. The van der Waals surface area contributed by atoms with Crippen molar-refractivity contribution >= 4 is 17.9 Å². The fraction of sp³-hybridized carbons (Fsp3) is 0.727. The first-order valence-electron chi connectivity index (χ1n) is 5.36. The maximum atomic E-state index is 11.3. The van der Waals surface area contributed by atoms with Crippen molar-refractivity contribution < 1.29 is 29.0 Å². The first kappa shape index (κ1) is 15.4. The minimum atomic E-state index is -1.13. The number of carboxylic acid groups (broad SMARTS) is 1. The lowest BCUT2D eigenvalue weighted by atomic mass is 10.2. The van der Waals surface area contributed by atoms with E-state index in [2.05, 4.69) is 0 Å². The summed E-state index contributed by atoms with van der Waals surface area (Å²) >= 11 is 0. The molecule has 0 fully saturated rings. The highest BCUT2D eigenvalue weighted by Crippen LogP contribution is 2.07. The molecule has 0 aliphatic rings. The lowest BCUT2D eigenvalue weighted by Crippen LogP contribution is -2.25. The number of ether oxygens (including phenoxy) is 2. The van der Waals surface area contributed by atoms with Crippen LogP contribution >= 0.6 is 0 Å². The molecule has 1 atom stereocenters. The highest BCUT2D eigenvalue weighted by Gasteiger charge is 2.21. The van der Waals surface area contributed by atoms with Crippen molar-refractivity contribution in [3.8, 4) is 0 Å². The first-order valence-corrected chi connectivity index (χ1v) is 5.36. The van der Waals surface area contributed by atoms with E-state index in [-0.39, 0.29) is 18.9 Å². The molecule has 0 aromatic heterocycles. The van der Waals surface area contributed by atoms with Crippen molar-refractivity contribution in [3.63, 3.8) is 0 Å². The molecular weight excluding hydrogens is 228 g/mol. The summed E-state index contributed by atoms with van der Waals surface area (Å²) in [6.07, 6.45) is -1.61. The lowest BCUT2D eigenvalue weighted by molar-refractivity contribution is -0.156. The normalized spacial score (nSPS) is 12.0. The van der Waals surface area contributed by atoms with Crippen molar-refractivity contribution in [1.82, 2.24) is 0 Å². The number of rotatable bonds is 7. The topological polar surface area (TPSA) is 89.9 Å². The zero-order valence-corrected chi connectivity index (χ0v) is 10.3. The Balaban J connectivity index is 4.17. The number of carbonyl (C=O) groups is 3. The summed E-state index contributed by atoms with van der Waals surface area (Å²) in [5, 5.41) is 8.58. The Bertz CT molecular complexity index is 268. The van der Waals surface area contributed by atoms with E-state index in [0.717, 1.165) is 6.92 Å². The summed E-state index contributed by atoms with van der Waals surface area (Å²) < 4.78 is 9.59. The minimum Gasteiger partial charge on any atom is -0.481 e. The van der Waals surface area contributed by atoms with Gasteiger partial charge in [-0.2, -0.15) is 0 Å². The van der Waals surface area contributed by atoms with E-state index in [0.29, 0.717) is 0 Å². The van der Waals surface area contributed by atoms with Crippen LogP contribution in [0.1, 0.15) is 33.6 Å². The molecule has 6 heteroatoms. The summed E-state index contributed by atoms with van der Waals surface area (Å²) in [6.45, 7) is 5.19. The zero-order valence-electron chi connectivity index (χ0n) is 10.3. The molecule has 0 spiro atoms. The highest BCUT2D eigenvalue weighted by atomic mass is 16.6. The van der Waals surface area contributed by atoms with Gasteiger partial charge in [-0.3, -0.25) is 14.4 Å². The van der Waals surface area contributed by atoms with Gasteiger partial charge in [0.05, 0.1) is 19.4 Å². The third-order valence-electron chi connectivity index (χ3n) is 1.71. The van der Waals surface area contributed by atoms with Crippen LogP contribution in [0, 0.1) is 5.92 Å². The van der Waals surface area contributed by atoms with Crippen molar-refractivity contribution in [3.05, 3.63) is 0 Å². The SMILES string of the molecule is CC(=O)O[C@@H](CC(=O)O)CC(=O)OCC(C)C. The van der Waals surface area contributed by atoms with E-state index >= 15 is 0 Å². The van der Waals surface area contributed by atoms with Crippen LogP contribution in [0.2, 0.25) is 0 Å². The zero-order chi connectivity index (χ0) is 13.4. The van der Waals surface area contributed by atoms with Crippen molar-refractivity contribution in [1.29, 1.82) is 0 Å². The smallest absolute Gasteiger partial charge is 0.309 e. The average Bonchev–Trinajstić information content (AvgIpc) is 2.12. The summed E-state index contributed by atoms with van der Waals surface area (Å²) in [7, 11) is 0. The Hall–Kier alpha value is -1.59. The molecule has 6 nitrogen and oxygen atoms in total. The summed E-state index contributed by atoms with van der Waals surface area (Å²) in [5.41, 5.74) is 0. The number of aliphatic carboxylic acids is 1. The largest absolute Gasteiger partial charge is 0.481 e. The molecule has 0 aromatic rings. The molecule has 0 saturated carbocycles. The van der Waals surface area contributed by atoms with Crippen molar-refractivity contribution in [2.24, 2.45) is 5.92 Å². The van der Waals surface area contributed by atoms with Crippen molar-refractivity contribution in [2.75, 3.05) is 6.61 Å². The molecule has 0 aromatic carbocycles. The van der Waals surface area contributed by atoms with Crippen LogP contribution in [-0.2, 0) is 23.9 Å². The van der Waals surface area contributed by atoms with E-state index < -0.39 is 30.4 Å². The molecule has 0 heterocycles. The van der Waals surface area contributed by atoms with Gasteiger partial charge in [0.25, 0.3) is 0 Å². The number of esters is 2. The first-order chi connectivity index (χ1) is 7.81. The van der Waals surface area contributed by atoms with Gasteiger partial charge >= 0.3 is 17.9 Å². The predicted octanol–water partition coefficient (Wildman–Crippen LogP) is 0.982. The Morgan fingerprint density at radius 3 is 2.18 bits per heavy atom. The van der Waals surface area contributed by atoms with Gasteiger partial charge in [0.15, 0.2) is 0 Å². The number of hydrogen-bond donors (Lipinski definition) is 1. The summed E-state index contributed by atoms with van der Waals surface area (Å²) in [6, 6.07) is 0. The van der Waals surface area contributed by atoms with Gasteiger partial charge in [-0.25, -0.2) is 0 Å². The van der Waals surface area contributed by atoms with E-state index in [1.54, 1.807) is 0 Å². The van der Waals surface area contributed by atoms with Gasteiger partial charge < -0.3 is 14.6 Å². The second-order valence-electron chi connectivity index (χ2n) is 4.11. The van der Waals surface area contributed by atoms with Gasteiger partial charge in [0.1, 0.15) is 6.10 Å². The van der Waals surface area contributed by atoms with Crippen LogP contribution in [0.25, 0.3) is 0 Å². The van der Waals surface area contributed by atoms with Gasteiger partial charge in [-0.1, -0.05) is 13.8 Å². The lowest BCUT2D eigenvalue weighted by Gasteiger charge is -2.14. The molecule has 0 unspecified atom stereocenters. The molecule has 0 rings (SSSR count). The van der Waals surface area contributed by atoms with E-state index in [4.69, 9.17) is 14.6 Å². The number of hydrogen-bond acceptors (Lipinski definition) is 5. The highest BCUT2D eigenvalue weighted by molar-refractivity contribution is 5.74. The van der Waals surface area contributed by atoms with E-state index in [9.17, 15) is 14.4 Å². The summed E-state index contributed by atoms with van der Waals surface area (Å²) in [4.78, 5) is 32.5. The van der Waals surface area contributed by atoms with Gasteiger partial charge in [0.2, 0.25) is 0 Å². The second kappa shape index (κ2) is 7.65. The quantitative estimate of drug-likeness (QED) is 0.673. The average molecular weight is 246 g/mol. The molecule has 0 amide bonds. The Labute approximate surface area is 99.9 Å². The fourth-order valence-corrected chi connectivity index (χ4v) is 1.09. The van der Waals surface area contributed by atoms with E-state index in [1.165, 1.54) is 0 Å². The second-order valence-corrected chi connectivity index (χ2v) is 4.11. The molecule has 0 aliphatic carbocycles. The molecule has 0 aliphatic heterocycles. The predicted molar refractivity (Wildman–Crippen MR) is 58.2 cm³/mol. The third kappa shape index (κ3) is 9.35. The van der Waals surface area contributed by atoms with Crippen LogP contribution in [0.5, 0.6) is 0 Å². The fourth-order valence-electron chi connectivity index (χ4n) is 1.09. The molecular formula is C11H18O6. The van der Waals surface area contributed by atoms with Crippen LogP contribution in [0.15, 0.2) is 0 Å². The van der Waals surface area contributed by atoms with Crippen LogP contribution in [0.3, 0.4) is 0 Å². The molecule has 98 valence electrons. The Morgan fingerprint density at radius 2 is 1.76 bits per heavy atom. The molecule has 0 bridgehead atoms. The monoisotopic (exact) mass is 246 g/mol. The molecule has 17 heavy (non-hydrogen) atoms.